The molecular formula is C23H25NO4S. The predicted octanol–water partition coefficient (Wildman–Crippen LogP) is 4.86. The SMILES string of the molecule is CCc1ccc([C@@H](NC(=O)c2cc(OC)c(OC)c(OC)c2)c2cccs2)cc1. The first-order valence-corrected chi connectivity index (χ1v) is 10.2. The van der Waals surface area contributed by atoms with E-state index in [4.69, 9.17) is 14.2 Å². The van der Waals surface area contributed by atoms with E-state index in [-0.39, 0.29) is 11.9 Å². The smallest absolute Gasteiger partial charge is 0.252 e. The molecule has 0 radical (unpaired) electrons. The van der Waals surface area contributed by atoms with Gasteiger partial charge in [-0.05, 0) is 41.1 Å². The quantitative estimate of drug-likeness (QED) is 0.575. The average molecular weight is 412 g/mol. The van der Waals surface area contributed by atoms with Gasteiger partial charge in [-0.25, -0.2) is 0 Å². The summed E-state index contributed by atoms with van der Waals surface area (Å²) in [6.07, 6.45) is 0.974. The number of carbonyl (C=O) groups excluding carboxylic acids is 1. The molecule has 3 rings (SSSR count). The Kier molecular flexibility index (Phi) is 6.77. The summed E-state index contributed by atoms with van der Waals surface area (Å²) in [5, 5.41) is 5.16. The fraction of sp³-hybridized carbons (Fsp3) is 0.261. The van der Waals surface area contributed by atoms with E-state index >= 15 is 0 Å². The Labute approximate surface area is 175 Å². The molecule has 3 aromatic rings. The fourth-order valence-corrected chi connectivity index (χ4v) is 3.95. The summed E-state index contributed by atoms with van der Waals surface area (Å²) in [4.78, 5) is 14.2. The molecule has 1 amide bonds. The Morgan fingerprint density at radius 3 is 2.14 bits per heavy atom. The number of rotatable bonds is 8. The third kappa shape index (κ3) is 4.54. The minimum absolute atomic E-state index is 0.220. The molecular weight excluding hydrogens is 386 g/mol. The minimum atomic E-state index is -0.243. The zero-order valence-corrected chi connectivity index (χ0v) is 17.8. The van der Waals surface area contributed by atoms with Crippen LogP contribution in [0.4, 0.5) is 0 Å². The molecule has 2 aromatic carbocycles. The van der Waals surface area contributed by atoms with Gasteiger partial charge in [0.2, 0.25) is 5.75 Å². The number of benzene rings is 2. The Balaban J connectivity index is 1.94. The highest BCUT2D eigenvalue weighted by molar-refractivity contribution is 7.10. The van der Waals surface area contributed by atoms with Crippen LogP contribution in [0, 0.1) is 0 Å². The summed E-state index contributed by atoms with van der Waals surface area (Å²) < 4.78 is 16.1. The highest BCUT2D eigenvalue weighted by Gasteiger charge is 2.22. The summed E-state index contributed by atoms with van der Waals surface area (Å²) in [5.74, 6) is 1.12. The average Bonchev–Trinajstić information content (AvgIpc) is 3.30. The molecule has 0 bridgehead atoms. The molecule has 152 valence electrons. The van der Waals surface area contributed by atoms with Crippen LogP contribution in [0.25, 0.3) is 0 Å². The summed E-state index contributed by atoms with van der Waals surface area (Å²) >= 11 is 1.61. The number of hydrogen-bond acceptors (Lipinski definition) is 5. The van der Waals surface area contributed by atoms with Crippen molar-refractivity contribution in [2.75, 3.05) is 21.3 Å². The molecule has 0 fully saturated rings. The molecule has 0 unspecified atom stereocenters. The number of carbonyl (C=O) groups is 1. The maximum absolute atomic E-state index is 13.1. The van der Waals surface area contributed by atoms with Gasteiger partial charge in [0.05, 0.1) is 27.4 Å². The van der Waals surface area contributed by atoms with E-state index < -0.39 is 0 Å². The summed E-state index contributed by atoms with van der Waals surface area (Å²) in [6.45, 7) is 2.12. The van der Waals surface area contributed by atoms with Gasteiger partial charge in [0, 0.05) is 10.4 Å². The maximum Gasteiger partial charge on any atom is 0.252 e. The lowest BCUT2D eigenvalue weighted by Gasteiger charge is -2.20. The lowest BCUT2D eigenvalue weighted by Crippen LogP contribution is -2.29. The van der Waals surface area contributed by atoms with Gasteiger partial charge in [-0.1, -0.05) is 37.3 Å². The van der Waals surface area contributed by atoms with Crippen LogP contribution in [-0.4, -0.2) is 27.2 Å². The van der Waals surface area contributed by atoms with E-state index in [0.717, 1.165) is 16.9 Å². The molecule has 0 saturated heterocycles. The molecule has 0 spiro atoms. The summed E-state index contributed by atoms with van der Waals surface area (Å²) in [5.41, 5.74) is 2.73. The number of aryl methyl sites for hydroxylation is 1. The van der Waals surface area contributed by atoms with E-state index in [1.165, 1.54) is 26.9 Å². The predicted molar refractivity (Wildman–Crippen MR) is 116 cm³/mol. The largest absolute Gasteiger partial charge is 0.493 e. The van der Waals surface area contributed by atoms with Gasteiger partial charge in [-0.3, -0.25) is 4.79 Å². The van der Waals surface area contributed by atoms with Gasteiger partial charge < -0.3 is 19.5 Å². The van der Waals surface area contributed by atoms with Crippen LogP contribution in [0.2, 0.25) is 0 Å². The molecule has 5 nitrogen and oxygen atoms in total. The maximum atomic E-state index is 13.1. The van der Waals surface area contributed by atoms with E-state index in [1.54, 1.807) is 23.5 Å². The van der Waals surface area contributed by atoms with Crippen molar-refractivity contribution in [1.82, 2.24) is 5.32 Å². The number of hydrogen-bond donors (Lipinski definition) is 1. The number of methoxy groups -OCH3 is 3. The van der Waals surface area contributed by atoms with Crippen LogP contribution in [0.1, 0.15) is 39.3 Å². The number of nitrogens with one attached hydrogen (secondary N) is 1. The van der Waals surface area contributed by atoms with Crippen LogP contribution in [-0.2, 0) is 6.42 Å². The highest BCUT2D eigenvalue weighted by atomic mass is 32.1. The summed E-state index contributed by atoms with van der Waals surface area (Å²) in [6, 6.07) is 15.4. The van der Waals surface area contributed by atoms with E-state index in [0.29, 0.717) is 22.8 Å². The van der Waals surface area contributed by atoms with E-state index in [2.05, 4.69) is 36.5 Å². The normalized spacial score (nSPS) is 11.6. The lowest BCUT2D eigenvalue weighted by molar-refractivity contribution is 0.0942. The number of thiophene rings is 1. The van der Waals surface area contributed by atoms with Gasteiger partial charge >= 0.3 is 0 Å². The molecule has 0 saturated carbocycles. The second kappa shape index (κ2) is 9.47. The topological polar surface area (TPSA) is 56.8 Å². The Hall–Kier alpha value is -2.99. The van der Waals surface area contributed by atoms with Crippen LogP contribution in [0.5, 0.6) is 17.2 Å². The standard InChI is InChI=1S/C23H25NO4S/c1-5-15-8-10-16(11-9-15)21(20-7-6-12-29-20)24-23(25)17-13-18(26-2)22(28-4)19(14-17)27-3/h6-14,21H,5H2,1-4H3,(H,24,25)/t21-/m1/s1. The first-order chi connectivity index (χ1) is 14.1. The zero-order chi connectivity index (χ0) is 20.8. The fourth-order valence-electron chi connectivity index (χ4n) is 3.15. The molecule has 1 heterocycles. The monoisotopic (exact) mass is 411 g/mol. The van der Waals surface area contributed by atoms with Gasteiger partial charge in [-0.2, -0.15) is 0 Å². The van der Waals surface area contributed by atoms with Crippen LogP contribution < -0.4 is 19.5 Å². The first kappa shape index (κ1) is 20.7. The Morgan fingerprint density at radius 2 is 1.66 bits per heavy atom. The van der Waals surface area contributed by atoms with Crippen molar-refractivity contribution < 1.29 is 19.0 Å². The molecule has 1 aromatic heterocycles. The van der Waals surface area contributed by atoms with Crippen LogP contribution in [0.3, 0.4) is 0 Å². The lowest BCUT2D eigenvalue weighted by atomic mass is 10.0. The summed E-state index contributed by atoms with van der Waals surface area (Å²) in [7, 11) is 4.60. The molecule has 1 N–H and O–H groups in total. The van der Waals surface area contributed by atoms with Gasteiger partial charge in [0.25, 0.3) is 5.91 Å². The van der Waals surface area contributed by atoms with Crippen molar-refractivity contribution in [1.29, 1.82) is 0 Å². The number of ether oxygens (including phenoxy) is 3. The molecule has 0 aliphatic carbocycles. The minimum Gasteiger partial charge on any atom is -0.493 e. The zero-order valence-electron chi connectivity index (χ0n) is 17.0. The molecule has 29 heavy (non-hydrogen) atoms. The van der Waals surface area contributed by atoms with Crippen molar-refractivity contribution in [3.63, 3.8) is 0 Å². The third-order valence-corrected chi connectivity index (χ3v) is 5.69. The molecule has 6 heteroatoms. The van der Waals surface area contributed by atoms with Gasteiger partial charge in [0.15, 0.2) is 11.5 Å². The molecule has 0 aliphatic heterocycles. The second-order valence-electron chi connectivity index (χ2n) is 6.43. The van der Waals surface area contributed by atoms with Gasteiger partial charge in [-0.15, -0.1) is 11.3 Å². The highest BCUT2D eigenvalue weighted by Crippen LogP contribution is 2.38. The van der Waals surface area contributed by atoms with Crippen molar-refractivity contribution in [3.8, 4) is 17.2 Å². The van der Waals surface area contributed by atoms with Crippen molar-refractivity contribution in [2.45, 2.75) is 19.4 Å². The van der Waals surface area contributed by atoms with Crippen LogP contribution >= 0.6 is 11.3 Å². The van der Waals surface area contributed by atoms with Crippen molar-refractivity contribution in [2.24, 2.45) is 0 Å². The molecule has 1 atom stereocenters. The van der Waals surface area contributed by atoms with Gasteiger partial charge in [0.1, 0.15) is 0 Å². The second-order valence-corrected chi connectivity index (χ2v) is 7.41. The Bertz CT molecular complexity index is 927. The Morgan fingerprint density at radius 1 is 1.00 bits per heavy atom. The third-order valence-electron chi connectivity index (χ3n) is 4.75. The van der Waals surface area contributed by atoms with E-state index in [1.807, 2.05) is 17.5 Å². The first-order valence-electron chi connectivity index (χ1n) is 9.34. The van der Waals surface area contributed by atoms with Crippen LogP contribution in [0.15, 0.2) is 53.9 Å². The van der Waals surface area contributed by atoms with Crippen molar-refractivity contribution >= 4 is 17.2 Å². The van der Waals surface area contributed by atoms with Crippen molar-refractivity contribution in [3.05, 3.63) is 75.5 Å². The van der Waals surface area contributed by atoms with E-state index in [9.17, 15) is 4.79 Å². The molecule has 0 aliphatic rings. The number of amides is 1.